The van der Waals surface area contributed by atoms with Gasteiger partial charge in [-0.1, -0.05) is 72.8 Å². The third-order valence-corrected chi connectivity index (χ3v) is 6.84. The zero-order valence-electron chi connectivity index (χ0n) is 18.8. The molecular weight excluding hydrogens is 448 g/mol. The van der Waals surface area contributed by atoms with Gasteiger partial charge in [-0.15, -0.1) is 0 Å². The van der Waals surface area contributed by atoms with Crippen molar-refractivity contribution in [3.63, 3.8) is 0 Å². The van der Waals surface area contributed by atoms with Gasteiger partial charge in [-0.2, -0.15) is 0 Å². The van der Waals surface area contributed by atoms with Crippen molar-refractivity contribution >= 4 is 21.7 Å². The van der Waals surface area contributed by atoms with E-state index in [1.807, 2.05) is 30.3 Å². The fourth-order valence-corrected chi connectivity index (χ4v) is 4.67. The summed E-state index contributed by atoms with van der Waals surface area (Å²) >= 11 is 0. The lowest BCUT2D eigenvalue weighted by Gasteiger charge is -2.16. The molecule has 0 aromatic heterocycles. The molecule has 0 aliphatic carbocycles. The molecule has 3 N–H and O–H groups in total. The van der Waals surface area contributed by atoms with Gasteiger partial charge in [0, 0.05) is 23.4 Å². The monoisotopic (exact) mass is 476 g/mol. The molecule has 34 heavy (non-hydrogen) atoms. The Labute approximate surface area is 200 Å². The van der Waals surface area contributed by atoms with E-state index in [0.29, 0.717) is 30.4 Å². The summed E-state index contributed by atoms with van der Waals surface area (Å²) in [7, 11) is -3.63. The van der Waals surface area contributed by atoms with Crippen LogP contribution in [0.3, 0.4) is 0 Å². The molecule has 0 saturated heterocycles. The van der Waals surface area contributed by atoms with Crippen LogP contribution in [0.15, 0.2) is 101 Å². The number of hydrogen-bond acceptors (Lipinski definition) is 4. The van der Waals surface area contributed by atoms with E-state index >= 15 is 0 Å². The highest BCUT2D eigenvalue weighted by molar-refractivity contribution is 7.94. The summed E-state index contributed by atoms with van der Waals surface area (Å²) in [5, 5.41) is 4.08. The molecule has 0 fully saturated rings. The summed E-state index contributed by atoms with van der Waals surface area (Å²) in [6.07, 6.45) is 3.23. The first-order valence-corrected chi connectivity index (χ1v) is 12.6. The molecule has 0 saturated carbocycles. The lowest BCUT2D eigenvalue weighted by Crippen LogP contribution is -2.34. The molecule has 176 valence electrons. The quantitative estimate of drug-likeness (QED) is 0.439. The first-order valence-electron chi connectivity index (χ1n) is 11.0. The van der Waals surface area contributed by atoms with E-state index in [9.17, 15) is 18.0 Å². The molecule has 6 nitrogen and oxygen atoms in total. The van der Waals surface area contributed by atoms with Crippen molar-refractivity contribution in [1.29, 1.82) is 0 Å². The Balaban J connectivity index is 1.70. The van der Waals surface area contributed by atoms with E-state index in [0.717, 1.165) is 11.0 Å². The van der Waals surface area contributed by atoms with Crippen molar-refractivity contribution in [3.8, 4) is 0 Å². The van der Waals surface area contributed by atoms with Crippen molar-refractivity contribution in [3.05, 3.63) is 113 Å². The molecule has 0 spiro atoms. The Morgan fingerprint density at radius 1 is 0.853 bits per heavy atom. The highest BCUT2D eigenvalue weighted by atomic mass is 32.2. The molecule has 0 bridgehead atoms. The molecule has 0 heterocycles. The molecule has 7 heteroatoms. The maximum atomic E-state index is 12.7. The number of rotatable bonds is 11. The minimum absolute atomic E-state index is 0.144. The molecule has 0 radical (unpaired) electrons. The summed E-state index contributed by atoms with van der Waals surface area (Å²) in [6, 6.07) is 24.4. The first-order chi connectivity index (χ1) is 16.3. The third kappa shape index (κ3) is 7.42. The molecule has 3 aromatic rings. The van der Waals surface area contributed by atoms with Gasteiger partial charge in [-0.05, 0) is 48.6 Å². The van der Waals surface area contributed by atoms with Crippen molar-refractivity contribution in [2.45, 2.75) is 36.6 Å². The van der Waals surface area contributed by atoms with E-state index < -0.39 is 21.8 Å². The van der Waals surface area contributed by atoms with E-state index in [1.54, 1.807) is 42.5 Å². The van der Waals surface area contributed by atoms with Crippen LogP contribution in [0.4, 0.5) is 0 Å². The van der Waals surface area contributed by atoms with Crippen LogP contribution in [0.5, 0.6) is 0 Å². The summed E-state index contributed by atoms with van der Waals surface area (Å²) in [6.45, 7) is 0. The topological polar surface area (TPSA) is 106 Å². The minimum atomic E-state index is -3.63. The van der Waals surface area contributed by atoms with Gasteiger partial charge in [0.1, 0.15) is 0 Å². The maximum absolute atomic E-state index is 12.7. The van der Waals surface area contributed by atoms with Gasteiger partial charge in [0.15, 0.2) is 9.84 Å². The van der Waals surface area contributed by atoms with Crippen LogP contribution in [0, 0.1) is 0 Å². The summed E-state index contributed by atoms with van der Waals surface area (Å²) in [5.74, 6) is -0.773. The molecule has 1 atom stereocenters. The van der Waals surface area contributed by atoms with Gasteiger partial charge in [0.05, 0.1) is 4.90 Å². The molecule has 1 unspecified atom stereocenters. The van der Waals surface area contributed by atoms with Crippen LogP contribution in [0.1, 0.15) is 34.3 Å². The van der Waals surface area contributed by atoms with Gasteiger partial charge in [-0.25, -0.2) is 8.42 Å². The maximum Gasteiger partial charge on any atom is 0.248 e. The van der Waals surface area contributed by atoms with Gasteiger partial charge in [0.2, 0.25) is 11.8 Å². The van der Waals surface area contributed by atoms with Gasteiger partial charge >= 0.3 is 0 Å². The highest BCUT2D eigenvalue weighted by Gasteiger charge is 2.15. The zero-order valence-corrected chi connectivity index (χ0v) is 19.6. The number of nitrogens with one attached hydrogen (secondary N) is 1. The first kappa shape index (κ1) is 24.9. The average molecular weight is 477 g/mol. The Hall–Kier alpha value is -3.71. The predicted octanol–water partition coefficient (Wildman–Crippen LogP) is 3.82. The summed E-state index contributed by atoms with van der Waals surface area (Å²) in [5.41, 5.74) is 7.61. The fourth-order valence-electron chi connectivity index (χ4n) is 3.58. The lowest BCUT2D eigenvalue weighted by molar-refractivity contribution is -0.121. The van der Waals surface area contributed by atoms with Crippen molar-refractivity contribution in [2.24, 2.45) is 5.73 Å². The summed E-state index contributed by atoms with van der Waals surface area (Å²) < 4.78 is 25.3. The van der Waals surface area contributed by atoms with Crippen LogP contribution >= 0.6 is 0 Å². The molecule has 0 aliphatic rings. The SMILES string of the molecule is NC(=O)c1ccccc1CCC(=O)NC(/C=C/S(=O)(=O)c1ccccc1)CCc1ccccc1. The van der Waals surface area contributed by atoms with Crippen molar-refractivity contribution in [1.82, 2.24) is 5.32 Å². The second kappa shape index (κ2) is 12.0. The number of sulfone groups is 1. The number of hydrogen-bond donors (Lipinski definition) is 2. The van der Waals surface area contributed by atoms with Gasteiger partial charge < -0.3 is 11.1 Å². The molecule has 3 aromatic carbocycles. The van der Waals surface area contributed by atoms with E-state index in [4.69, 9.17) is 5.73 Å². The molecule has 0 aliphatic heterocycles. The van der Waals surface area contributed by atoms with E-state index in [1.165, 1.54) is 18.2 Å². The Morgan fingerprint density at radius 2 is 1.47 bits per heavy atom. The number of carbonyl (C=O) groups is 2. The average Bonchev–Trinajstić information content (AvgIpc) is 2.85. The van der Waals surface area contributed by atoms with Crippen LogP contribution in [-0.4, -0.2) is 26.3 Å². The van der Waals surface area contributed by atoms with Crippen molar-refractivity contribution < 1.29 is 18.0 Å². The fraction of sp³-hybridized carbons (Fsp3) is 0.185. The smallest absolute Gasteiger partial charge is 0.248 e. The second-order valence-electron chi connectivity index (χ2n) is 7.91. The van der Waals surface area contributed by atoms with Crippen molar-refractivity contribution in [2.75, 3.05) is 0 Å². The Morgan fingerprint density at radius 3 is 2.15 bits per heavy atom. The number of nitrogens with two attached hydrogens (primary N) is 1. The molecule has 2 amide bonds. The van der Waals surface area contributed by atoms with Crippen LogP contribution in [-0.2, 0) is 27.5 Å². The van der Waals surface area contributed by atoms with E-state index in [-0.39, 0.29) is 17.2 Å². The second-order valence-corrected chi connectivity index (χ2v) is 9.74. The summed E-state index contributed by atoms with van der Waals surface area (Å²) in [4.78, 5) is 24.5. The van der Waals surface area contributed by atoms with Gasteiger partial charge in [0.25, 0.3) is 0 Å². The number of carbonyl (C=O) groups excluding carboxylic acids is 2. The van der Waals surface area contributed by atoms with Crippen LogP contribution < -0.4 is 11.1 Å². The number of amides is 2. The van der Waals surface area contributed by atoms with Crippen LogP contribution in [0.2, 0.25) is 0 Å². The third-order valence-electron chi connectivity index (χ3n) is 5.40. The lowest BCUT2D eigenvalue weighted by atomic mass is 10.0. The number of primary amides is 1. The van der Waals surface area contributed by atoms with Gasteiger partial charge in [-0.3, -0.25) is 9.59 Å². The Bertz CT molecular complexity index is 1240. The highest BCUT2D eigenvalue weighted by Crippen LogP contribution is 2.14. The minimum Gasteiger partial charge on any atom is -0.366 e. The zero-order chi connectivity index (χ0) is 24.4. The van der Waals surface area contributed by atoms with E-state index in [2.05, 4.69) is 5.32 Å². The number of aryl methyl sites for hydroxylation is 2. The largest absolute Gasteiger partial charge is 0.366 e. The van der Waals surface area contributed by atoms with Crippen LogP contribution in [0.25, 0.3) is 0 Å². The molecule has 3 rings (SSSR count). The Kier molecular flexibility index (Phi) is 8.76. The predicted molar refractivity (Wildman–Crippen MR) is 133 cm³/mol. The normalized spacial score (nSPS) is 12.4. The number of benzene rings is 3. The standard InChI is InChI=1S/C27H28N2O4S/c28-27(31)25-14-8-7-11-22(25)16-18-26(30)29-23(17-15-21-9-3-1-4-10-21)19-20-34(32,33)24-12-5-2-6-13-24/h1-14,19-20,23H,15-18H2,(H2,28,31)(H,29,30)/b20-19+. The molecular formula is C27H28N2O4S.